The van der Waals surface area contributed by atoms with E-state index < -0.39 is 35.0 Å². The minimum atomic E-state index is -3.26. The number of likely N-dealkylation sites (tertiary alicyclic amines) is 1. The van der Waals surface area contributed by atoms with Gasteiger partial charge in [-0.25, -0.2) is 21.9 Å². The maximum absolute atomic E-state index is 13.1. The summed E-state index contributed by atoms with van der Waals surface area (Å²) in [5, 5.41) is 2.56. The second-order valence-electron chi connectivity index (χ2n) is 5.91. The molecule has 0 radical (unpaired) electrons. The predicted molar refractivity (Wildman–Crippen MR) is 73.5 cm³/mol. The highest BCUT2D eigenvalue weighted by Crippen LogP contribution is 2.27. The van der Waals surface area contributed by atoms with E-state index in [0.29, 0.717) is 13.1 Å². The van der Waals surface area contributed by atoms with Crippen molar-refractivity contribution in [1.29, 1.82) is 0 Å². The molecule has 2 heterocycles. The van der Waals surface area contributed by atoms with Crippen LogP contribution in [-0.4, -0.2) is 63.6 Å². The van der Waals surface area contributed by atoms with Crippen LogP contribution in [0, 0.1) is 5.92 Å². The van der Waals surface area contributed by atoms with Crippen molar-refractivity contribution >= 4 is 15.9 Å². The number of halogens is 2. The number of carbonyl (C=O) groups excluding carboxylic acids is 1. The highest BCUT2D eigenvalue weighted by atomic mass is 32.2. The molecule has 21 heavy (non-hydrogen) atoms. The number of hydrogen-bond acceptors (Lipinski definition) is 4. The monoisotopic (exact) mass is 325 g/mol. The molecule has 1 amide bonds. The fourth-order valence-corrected chi connectivity index (χ4v) is 3.35. The molecule has 0 bridgehead atoms. The predicted octanol–water partition coefficient (Wildman–Crippen LogP) is -0.229. The number of hydrogen-bond donors (Lipinski definition) is 2. The highest BCUT2D eigenvalue weighted by Gasteiger charge is 2.44. The fraction of sp³-hybridized carbons (Fsp3) is 0.917. The first-order chi connectivity index (χ1) is 9.66. The van der Waals surface area contributed by atoms with Crippen LogP contribution in [0.1, 0.15) is 19.3 Å². The van der Waals surface area contributed by atoms with Crippen LogP contribution in [0.4, 0.5) is 8.78 Å². The van der Waals surface area contributed by atoms with E-state index in [0.717, 1.165) is 19.1 Å². The van der Waals surface area contributed by atoms with Crippen molar-refractivity contribution in [3.05, 3.63) is 0 Å². The Hall–Kier alpha value is -0.800. The summed E-state index contributed by atoms with van der Waals surface area (Å²) in [7, 11) is -3.26. The first kappa shape index (κ1) is 16.6. The van der Waals surface area contributed by atoms with Crippen molar-refractivity contribution < 1.29 is 22.0 Å². The Morgan fingerprint density at radius 1 is 1.48 bits per heavy atom. The highest BCUT2D eigenvalue weighted by molar-refractivity contribution is 7.88. The van der Waals surface area contributed by atoms with Gasteiger partial charge in [-0.1, -0.05) is 0 Å². The Balaban J connectivity index is 1.87. The fourth-order valence-electron chi connectivity index (χ4n) is 2.81. The third kappa shape index (κ3) is 4.86. The lowest BCUT2D eigenvalue weighted by atomic mass is 9.97. The molecule has 2 rings (SSSR count). The molecule has 0 aromatic heterocycles. The number of alkyl halides is 2. The number of carbonyl (C=O) groups is 1. The third-order valence-electron chi connectivity index (χ3n) is 3.87. The Labute approximate surface area is 123 Å². The molecule has 0 aromatic carbocycles. The number of nitrogens with one attached hydrogen (secondary N) is 2. The Kier molecular flexibility index (Phi) is 4.84. The van der Waals surface area contributed by atoms with Gasteiger partial charge in [0.1, 0.15) is 0 Å². The van der Waals surface area contributed by atoms with E-state index >= 15 is 0 Å². The van der Waals surface area contributed by atoms with Crippen molar-refractivity contribution in [2.45, 2.75) is 31.2 Å². The van der Waals surface area contributed by atoms with E-state index in [1.165, 1.54) is 0 Å². The molecule has 2 atom stereocenters. The van der Waals surface area contributed by atoms with Gasteiger partial charge in [-0.3, -0.25) is 10.1 Å². The lowest BCUT2D eigenvalue weighted by molar-refractivity contribution is -0.135. The van der Waals surface area contributed by atoms with Crippen LogP contribution < -0.4 is 10.0 Å². The van der Waals surface area contributed by atoms with Gasteiger partial charge in [-0.05, 0) is 18.8 Å². The maximum Gasteiger partial charge on any atom is 0.262 e. The molecule has 2 aliphatic heterocycles. The van der Waals surface area contributed by atoms with Crippen molar-refractivity contribution in [3.8, 4) is 0 Å². The second kappa shape index (κ2) is 6.13. The zero-order valence-corrected chi connectivity index (χ0v) is 12.8. The third-order valence-corrected chi connectivity index (χ3v) is 4.56. The first-order valence-corrected chi connectivity index (χ1v) is 8.90. The first-order valence-electron chi connectivity index (χ1n) is 7.01. The van der Waals surface area contributed by atoms with Gasteiger partial charge in [0.25, 0.3) is 5.92 Å². The topological polar surface area (TPSA) is 78.5 Å². The molecule has 2 fully saturated rings. The van der Waals surface area contributed by atoms with Crippen LogP contribution in [0.2, 0.25) is 0 Å². The average Bonchev–Trinajstić information content (AvgIpc) is 2.75. The van der Waals surface area contributed by atoms with Gasteiger partial charge >= 0.3 is 0 Å². The lowest BCUT2D eigenvalue weighted by Gasteiger charge is -2.34. The number of sulfonamides is 1. The molecule has 9 heteroatoms. The molecule has 2 saturated heterocycles. The van der Waals surface area contributed by atoms with Crippen LogP contribution in [0.3, 0.4) is 0 Å². The SMILES string of the molecule is CS(=O)(=O)NCC1CCCN(C(=O)C2CC(F)(F)CN2)C1. The minimum Gasteiger partial charge on any atom is -0.341 e. The summed E-state index contributed by atoms with van der Waals surface area (Å²) in [6.07, 6.45) is 2.20. The van der Waals surface area contributed by atoms with Crippen LogP contribution >= 0.6 is 0 Å². The van der Waals surface area contributed by atoms with Gasteiger partial charge in [0.15, 0.2) is 0 Å². The largest absolute Gasteiger partial charge is 0.341 e. The Bertz CT molecular complexity index is 498. The quantitative estimate of drug-likeness (QED) is 0.748. The minimum absolute atomic E-state index is 0.0272. The van der Waals surface area contributed by atoms with Crippen molar-refractivity contribution in [1.82, 2.24) is 14.9 Å². The molecule has 2 unspecified atom stereocenters. The van der Waals surface area contributed by atoms with Gasteiger partial charge in [0.2, 0.25) is 15.9 Å². The Morgan fingerprint density at radius 2 is 2.19 bits per heavy atom. The van der Waals surface area contributed by atoms with Crippen molar-refractivity contribution in [2.75, 3.05) is 32.4 Å². The number of nitrogens with zero attached hydrogens (tertiary/aromatic N) is 1. The normalized spacial score (nSPS) is 29.6. The summed E-state index contributed by atoms with van der Waals surface area (Å²) in [5.74, 6) is -3.11. The molecular formula is C12H21F2N3O3S. The molecule has 122 valence electrons. The van der Waals surface area contributed by atoms with Gasteiger partial charge < -0.3 is 4.90 Å². The summed E-state index contributed by atoms with van der Waals surface area (Å²) in [6.45, 7) is 0.760. The van der Waals surface area contributed by atoms with Crippen LogP contribution in [0.15, 0.2) is 0 Å². The van der Waals surface area contributed by atoms with E-state index in [1.807, 2.05) is 0 Å². The van der Waals surface area contributed by atoms with Crippen LogP contribution in [0.25, 0.3) is 0 Å². The van der Waals surface area contributed by atoms with Crippen molar-refractivity contribution in [2.24, 2.45) is 5.92 Å². The summed E-state index contributed by atoms with van der Waals surface area (Å²) < 4.78 is 50.9. The smallest absolute Gasteiger partial charge is 0.262 e. The van der Waals surface area contributed by atoms with E-state index in [9.17, 15) is 22.0 Å². The van der Waals surface area contributed by atoms with Gasteiger partial charge in [0.05, 0.1) is 18.8 Å². The molecule has 2 N–H and O–H groups in total. The molecule has 0 saturated carbocycles. The summed E-state index contributed by atoms with van der Waals surface area (Å²) in [5.41, 5.74) is 0. The van der Waals surface area contributed by atoms with Gasteiger partial charge in [-0.2, -0.15) is 0 Å². The van der Waals surface area contributed by atoms with E-state index in [1.54, 1.807) is 4.90 Å². The molecule has 2 aliphatic rings. The van der Waals surface area contributed by atoms with Crippen LogP contribution in [-0.2, 0) is 14.8 Å². The summed E-state index contributed by atoms with van der Waals surface area (Å²) >= 11 is 0. The zero-order chi connectivity index (χ0) is 15.7. The van der Waals surface area contributed by atoms with E-state index in [2.05, 4.69) is 10.0 Å². The van der Waals surface area contributed by atoms with Gasteiger partial charge in [0, 0.05) is 26.1 Å². The number of piperidine rings is 1. The van der Waals surface area contributed by atoms with Crippen LogP contribution in [0.5, 0.6) is 0 Å². The number of amides is 1. The lowest BCUT2D eigenvalue weighted by Crippen LogP contribution is -2.49. The number of rotatable bonds is 4. The molecule has 0 aliphatic carbocycles. The molecule has 0 aromatic rings. The van der Waals surface area contributed by atoms with Gasteiger partial charge in [-0.15, -0.1) is 0 Å². The summed E-state index contributed by atoms with van der Waals surface area (Å²) in [4.78, 5) is 13.8. The molecular weight excluding hydrogens is 304 g/mol. The van der Waals surface area contributed by atoms with Crippen molar-refractivity contribution in [3.63, 3.8) is 0 Å². The zero-order valence-electron chi connectivity index (χ0n) is 11.9. The second-order valence-corrected chi connectivity index (χ2v) is 7.74. The Morgan fingerprint density at radius 3 is 2.76 bits per heavy atom. The molecule has 0 spiro atoms. The average molecular weight is 325 g/mol. The van der Waals surface area contributed by atoms with E-state index in [-0.39, 0.29) is 18.4 Å². The standard InChI is InChI=1S/C12H21F2N3O3S/c1-21(19,20)16-6-9-3-2-4-17(7-9)11(18)10-5-12(13,14)8-15-10/h9-10,15-16H,2-8H2,1H3. The molecule has 6 nitrogen and oxygen atoms in total. The summed E-state index contributed by atoms with van der Waals surface area (Å²) in [6, 6.07) is -0.832. The maximum atomic E-state index is 13.1. The van der Waals surface area contributed by atoms with E-state index in [4.69, 9.17) is 0 Å².